The van der Waals surface area contributed by atoms with E-state index in [4.69, 9.17) is 13.9 Å². The number of hydrogen-bond acceptors (Lipinski definition) is 4. The Morgan fingerprint density at radius 2 is 1.89 bits per heavy atom. The summed E-state index contributed by atoms with van der Waals surface area (Å²) >= 11 is 3.42. The standard InChI is InChI=1S/C21H34BrNO4Si/c1-19(2,3)28(7,8)27-18-15-17(25-5)16(24)14(22)12-23(15)13-21(26-6)11-9-10-20(18,21)4/h12,18H,9-11,13H2,1-8H3. The van der Waals surface area contributed by atoms with Gasteiger partial charge < -0.3 is 18.5 Å². The number of nitrogens with zero attached hydrogens (tertiary/aromatic N) is 1. The first-order valence-corrected chi connectivity index (χ1v) is 13.7. The van der Waals surface area contributed by atoms with E-state index in [1.807, 2.05) is 13.3 Å². The average Bonchev–Trinajstić information content (AvgIpc) is 2.93. The summed E-state index contributed by atoms with van der Waals surface area (Å²) < 4.78 is 21.5. The van der Waals surface area contributed by atoms with E-state index in [9.17, 15) is 4.79 Å². The molecular weight excluding hydrogens is 438 g/mol. The molecule has 0 aromatic carbocycles. The van der Waals surface area contributed by atoms with Crippen molar-refractivity contribution in [2.75, 3.05) is 14.2 Å². The highest BCUT2D eigenvalue weighted by Gasteiger charge is 2.62. The van der Waals surface area contributed by atoms with E-state index in [0.717, 1.165) is 25.0 Å². The van der Waals surface area contributed by atoms with E-state index >= 15 is 0 Å². The fraction of sp³-hybridized carbons (Fsp3) is 0.762. The van der Waals surface area contributed by atoms with Gasteiger partial charge in [-0.2, -0.15) is 0 Å². The van der Waals surface area contributed by atoms with Crippen LogP contribution in [0.15, 0.2) is 15.5 Å². The fourth-order valence-electron chi connectivity index (χ4n) is 4.74. The van der Waals surface area contributed by atoms with Gasteiger partial charge in [-0.3, -0.25) is 4.79 Å². The van der Waals surface area contributed by atoms with E-state index in [2.05, 4.69) is 61.3 Å². The van der Waals surface area contributed by atoms with E-state index in [-0.39, 0.29) is 27.6 Å². The number of hydrogen-bond donors (Lipinski definition) is 0. The number of ether oxygens (including phenoxy) is 2. The van der Waals surface area contributed by atoms with Crippen LogP contribution in [0.2, 0.25) is 18.1 Å². The summed E-state index contributed by atoms with van der Waals surface area (Å²) in [5.41, 5.74) is 0.207. The van der Waals surface area contributed by atoms with Crippen molar-refractivity contribution in [1.29, 1.82) is 0 Å². The number of halogens is 1. The van der Waals surface area contributed by atoms with Crippen LogP contribution >= 0.6 is 15.9 Å². The summed E-state index contributed by atoms with van der Waals surface area (Å²) in [4.78, 5) is 12.9. The van der Waals surface area contributed by atoms with Crippen LogP contribution in [0.5, 0.6) is 5.75 Å². The van der Waals surface area contributed by atoms with Gasteiger partial charge in [0.2, 0.25) is 5.43 Å². The Morgan fingerprint density at radius 1 is 1.25 bits per heavy atom. The quantitative estimate of drug-likeness (QED) is 0.560. The predicted molar refractivity (Wildman–Crippen MR) is 118 cm³/mol. The third-order valence-electron chi connectivity index (χ3n) is 7.62. The Hall–Kier alpha value is -0.633. The third kappa shape index (κ3) is 3.04. The molecular formula is C21H34BrNO4Si. The Labute approximate surface area is 178 Å². The first kappa shape index (κ1) is 22.1. The predicted octanol–water partition coefficient (Wildman–Crippen LogP) is 5.27. The molecule has 1 aromatic heterocycles. The van der Waals surface area contributed by atoms with Crippen molar-refractivity contribution < 1.29 is 13.9 Å². The molecule has 0 N–H and O–H groups in total. The van der Waals surface area contributed by atoms with E-state index < -0.39 is 8.32 Å². The zero-order valence-corrected chi connectivity index (χ0v) is 21.0. The van der Waals surface area contributed by atoms with Gasteiger partial charge in [0.1, 0.15) is 0 Å². The molecule has 1 fully saturated rings. The molecule has 0 saturated heterocycles. The van der Waals surface area contributed by atoms with Gasteiger partial charge in [0, 0.05) is 18.7 Å². The summed E-state index contributed by atoms with van der Waals surface area (Å²) in [6.07, 6.45) is 4.71. The normalized spacial score (nSPS) is 30.1. The second kappa shape index (κ2) is 6.96. The monoisotopic (exact) mass is 471 g/mol. The van der Waals surface area contributed by atoms with Crippen LogP contribution in [0.3, 0.4) is 0 Å². The van der Waals surface area contributed by atoms with Gasteiger partial charge in [-0.1, -0.05) is 27.7 Å². The summed E-state index contributed by atoms with van der Waals surface area (Å²) in [6, 6.07) is 0. The van der Waals surface area contributed by atoms with Crippen LogP contribution in [0.25, 0.3) is 0 Å². The van der Waals surface area contributed by atoms with Crippen molar-refractivity contribution in [2.24, 2.45) is 5.41 Å². The molecule has 7 heteroatoms. The number of rotatable bonds is 4. The van der Waals surface area contributed by atoms with Gasteiger partial charge in [0.25, 0.3) is 0 Å². The first-order valence-electron chi connectivity index (χ1n) is 10.0. The van der Waals surface area contributed by atoms with Crippen molar-refractivity contribution in [1.82, 2.24) is 4.57 Å². The van der Waals surface area contributed by atoms with Gasteiger partial charge >= 0.3 is 0 Å². The van der Waals surface area contributed by atoms with Crippen molar-refractivity contribution in [3.8, 4) is 5.75 Å². The van der Waals surface area contributed by atoms with E-state index in [1.165, 1.54) is 0 Å². The van der Waals surface area contributed by atoms with Crippen molar-refractivity contribution >= 4 is 24.2 Å². The maximum atomic E-state index is 12.9. The summed E-state index contributed by atoms with van der Waals surface area (Å²) in [5.74, 6) is 0.385. The van der Waals surface area contributed by atoms with Crippen molar-refractivity contribution in [3.63, 3.8) is 0 Å². The average molecular weight is 472 g/mol. The lowest BCUT2D eigenvalue weighted by Gasteiger charge is -2.54. The molecule has 0 amide bonds. The molecule has 3 rings (SSSR count). The fourth-order valence-corrected chi connectivity index (χ4v) is 6.48. The molecule has 1 aliphatic heterocycles. The summed E-state index contributed by atoms with van der Waals surface area (Å²) in [6.45, 7) is 14.2. The Morgan fingerprint density at radius 3 is 2.43 bits per heavy atom. The maximum absolute atomic E-state index is 12.9. The number of fused-ring (bicyclic) bond motifs is 2. The Kier molecular flexibility index (Phi) is 5.49. The van der Waals surface area contributed by atoms with Gasteiger partial charge in [-0.25, -0.2) is 0 Å². The van der Waals surface area contributed by atoms with Gasteiger partial charge in [0.05, 0.1) is 35.5 Å². The molecule has 2 aliphatic rings. The number of aromatic nitrogens is 1. The molecule has 2 heterocycles. The Bertz CT molecular complexity index is 831. The van der Waals surface area contributed by atoms with Gasteiger partial charge in [0.15, 0.2) is 14.1 Å². The van der Waals surface area contributed by atoms with E-state index in [1.54, 1.807) is 7.11 Å². The molecule has 5 nitrogen and oxygen atoms in total. The smallest absolute Gasteiger partial charge is 0.237 e. The van der Waals surface area contributed by atoms with Crippen LogP contribution < -0.4 is 10.2 Å². The minimum atomic E-state index is -2.12. The highest BCUT2D eigenvalue weighted by molar-refractivity contribution is 9.10. The highest BCUT2D eigenvalue weighted by atomic mass is 79.9. The lowest BCUT2D eigenvalue weighted by molar-refractivity contribution is -0.160. The molecule has 0 bridgehead atoms. The molecule has 1 saturated carbocycles. The van der Waals surface area contributed by atoms with Crippen LogP contribution in [0.1, 0.15) is 58.8 Å². The summed E-state index contributed by atoms with van der Waals surface area (Å²) in [5, 5.41) is 0.0584. The largest absolute Gasteiger partial charge is 0.491 e. The van der Waals surface area contributed by atoms with Gasteiger partial charge in [-0.15, -0.1) is 0 Å². The minimum absolute atomic E-state index is 0.0584. The zero-order chi connectivity index (χ0) is 21.1. The molecule has 28 heavy (non-hydrogen) atoms. The van der Waals surface area contributed by atoms with Crippen LogP contribution in [0, 0.1) is 5.41 Å². The number of pyridine rings is 1. The third-order valence-corrected chi connectivity index (χ3v) is 12.6. The van der Waals surface area contributed by atoms with Crippen LogP contribution in [-0.2, 0) is 15.7 Å². The molecule has 158 valence electrons. The van der Waals surface area contributed by atoms with Gasteiger partial charge in [-0.05, 0) is 53.3 Å². The molecule has 0 radical (unpaired) electrons. The first-order chi connectivity index (χ1) is 12.8. The second-order valence-electron chi connectivity index (χ2n) is 10.1. The van der Waals surface area contributed by atoms with Crippen molar-refractivity contribution in [2.45, 2.75) is 83.3 Å². The lowest BCUT2D eigenvalue weighted by Crippen LogP contribution is -2.58. The van der Waals surface area contributed by atoms with Crippen LogP contribution in [-0.4, -0.2) is 32.7 Å². The van der Waals surface area contributed by atoms with E-state index in [0.29, 0.717) is 16.8 Å². The zero-order valence-electron chi connectivity index (χ0n) is 18.4. The summed E-state index contributed by atoms with van der Waals surface area (Å²) in [7, 11) is 1.27. The SMILES string of the molecule is COc1c2n(cc(Br)c1=O)CC1(OC)CCCC1(C)C2O[Si](C)(C)C(C)(C)C. The molecule has 0 spiro atoms. The highest BCUT2D eigenvalue weighted by Crippen LogP contribution is 2.62. The topological polar surface area (TPSA) is 49.7 Å². The van der Waals surface area contributed by atoms with Crippen LogP contribution in [0.4, 0.5) is 0 Å². The molecule has 3 atom stereocenters. The second-order valence-corrected chi connectivity index (χ2v) is 15.7. The minimum Gasteiger partial charge on any atom is -0.491 e. The van der Waals surface area contributed by atoms with Crippen molar-refractivity contribution in [3.05, 3.63) is 26.6 Å². The molecule has 1 aromatic rings. The number of methoxy groups -OCH3 is 2. The molecule has 3 unspecified atom stereocenters. The Balaban J connectivity index is 2.29. The maximum Gasteiger partial charge on any atom is 0.237 e. The lowest BCUT2D eigenvalue weighted by atomic mass is 9.68. The molecule has 1 aliphatic carbocycles.